The van der Waals surface area contributed by atoms with Gasteiger partial charge in [0, 0.05) is 23.9 Å². The molecule has 3 atom stereocenters. The van der Waals surface area contributed by atoms with Crippen LogP contribution in [-0.4, -0.2) is 48.1 Å². The summed E-state index contributed by atoms with van der Waals surface area (Å²) in [6, 6.07) is 1.65. The van der Waals surface area contributed by atoms with Gasteiger partial charge in [0.05, 0.1) is 0 Å². The molecule has 0 aromatic heterocycles. The Balaban J connectivity index is 1.69. The first-order valence-electron chi connectivity index (χ1n) is 6.81. The van der Waals surface area contributed by atoms with Crippen molar-refractivity contribution in [3.05, 3.63) is 0 Å². The first-order valence-corrected chi connectivity index (χ1v) is 8.10. The molecular formula is C13H26N2S. The van der Waals surface area contributed by atoms with E-state index < -0.39 is 0 Å². The Morgan fingerprint density at radius 3 is 3.00 bits per heavy atom. The lowest BCUT2D eigenvalue weighted by Crippen LogP contribution is -2.45. The summed E-state index contributed by atoms with van der Waals surface area (Å²) in [5.74, 6) is 0. The van der Waals surface area contributed by atoms with Crippen molar-refractivity contribution in [3.8, 4) is 0 Å². The van der Waals surface area contributed by atoms with E-state index in [2.05, 4.69) is 23.4 Å². The van der Waals surface area contributed by atoms with E-state index >= 15 is 0 Å². The lowest BCUT2D eigenvalue weighted by Gasteiger charge is -2.32. The zero-order valence-electron chi connectivity index (χ0n) is 10.7. The quantitative estimate of drug-likeness (QED) is 0.797. The van der Waals surface area contributed by atoms with Crippen molar-refractivity contribution in [2.75, 3.05) is 25.9 Å². The molecule has 94 valence electrons. The fourth-order valence-electron chi connectivity index (χ4n) is 3.08. The molecule has 2 heterocycles. The van der Waals surface area contributed by atoms with Crippen molar-refractivity contribution in [3.63, 3.8) is 0 Å². The predicted molar refractivity (Wildman–Crippen MR) is 73.2 cm³/mol. The molecule has 2 aliphatic heterocycles. The number of fused-ring (bicyclic) bond motifs is 1. The molecule has 0 aromatic carbocycles. The molecule has 2 fully saturated rings. The SMILES string of the molecule is CSC(C)CCNC1CCN2CCCCC12. The number of nitrogens with one attached hydrogen (secondary N) is 1. The number of piperidine rings is 1. The molecule has 1 N–H and O–H groups in total. The van der Waals surface area contributed by atoms with Gasteiger partial charge in [-0.05, 0) is 45.0 Å². The standard InChI is InChI=1S/C13H26N2S/c1-11(16-2)6-8-14-12-7-10-15-9-4-3-5-13(12)15/h11-14H,3-10H2,1-2H3. The lowest BCUT2D eigenvalue weighted by molar-refractivity contribution is 0.180. The second kappa shape index (κ2) is 6.27. The second-order valence-corrected chi connectivity index (χ2v) is 6.56. The van der Waals surface area contributed by atoms with Gasteiger partial charge in [-0.2, -0.15) is 11.8 Å². The Morgan fingerprint density at radius 2 is 2.19 bits per heavy atom. The van der Waals surface area contributed by atoms with Crippen LogP contribution in [0.15, 0.2) is 0 Å². The topological polar surface area (TPSA) is 15.3 Å². The van der Waals surface area contributed by atoms with Crippen LogP contribution in [-0.2, 0) is 0 Å². The van der Waals surface area contributed by atoms with E-state index in [9.17, 15) is 0 Å². The third-order valence-corrected chi connectivity index (χ3v) is 5.26. The molecular weight excluding hydrogens is 216 g/mol. The Bertz CT molecular complexity index is 210. The van der Waals surface area contributed by atoms with E-state index in [1.54, 1.807) is 0 Å². The van der Waals surface area contributed by atoms with Crippen molar-refractivity contribution in [2.45, 2.75) is 56.4 Å². The molecule has 0 aromatic rings. The molecule has 3 heteroatoms. The molecule has 16 heavy (non-hydrogen) atoms. The zero-order valence-corrected chi connectivity index (χ0v) is 11.6. The highest BCUT2D eigenvalue weighted by Crippen LogP contribution is 2.27. The number of rotatable bonds is 5. The first kappa shape index (κ1) is 12.7. The third kappa shape index (κ3) is 3.14. The zero-order chi connectivity index (χ0) is 11.4. The number of thioether (sulfide) groups is 1. The van der Waals surface area contributed by atoms with Gasteiger partial charge in [-0.3, -0.25) is 4.90 Å². The van der Waals surface area contributed by atoms with Crippen LogP contribution >= 0.6 is 11.8 Å². The molecule has 2 aliphatic rings. The third-order valence-electron chi connectivity index (χ3n) is 4.22. The Kier molecular flexibility index (Phi) is 4.98. The van der Waals surface area contributed by atoms with Crippen molar-refractivity contribution in [2.24, 2.45) is 0 Å². The molecule has 0 radical (unpaired) electrons. The summed E-state index contributed by atoms with van der Waals surface area (Å²) in [5, 5.41) is 4.59. The van der Waals surface area contributed by atoms with Crippen molar-refractivity contribution in [1.29, 1.82) is 0 Å². The molecule has 0 aliphatic carbocycles. The number of hydrogen-bond acceptors (Lipinski definition) is 3. The molecule has 0 amide bonds. The molecule has 2 rings (SSSR count). The van der Waals surface area contributed by atoms with E-state index in [0.717, 1.165) is 17.3 Å². The fourth-order valence-corrected chi connectivity index (χ4v) is 3.43. The minimum Gasteiger partial charge on any atom is -0.312 e. The van der Waals surface area contributed by atoms with Gasteiger partial charge in [0.15, 0.2) is 0 Å². The highest BCUT2D eigenvalue weighted by atomic mass is 32.2. The van der Waals surface area contributed by atoms with Crippen LogP contribution in [0.3, 0.4) is 0 Å². The summed E-state index contributed by atoms with van der Waals surface area (Å²) in [6.45, 7) is 6.22. The molecule has 0 spiro atoms. The first-order chi connectivity index (χ1) is 7.81. The van der Waals surface area contributed by atoms with Crippen molar-refractivity contribution >= 4 is 11.8 Å². The molecule has 0 saturated carbocycles. The van der Waals surface area contributed by atoms with E-state index in [-0.39, 0.29) is 0 Å². The van der Waals surface area contributed by atoms with Crippen molar-refractivity contribution < 1.29 is 0 Å². The van der Waals surface area contributed by atoms with E-state index in [1.165, 1.54) is 51.7 Å². The minimum atomic E-state index is 0.786. The normalized spacial score (nSPS) is 32.6. The Morgan fingerprint density at radius 1 is 1.31 bits per heavy atom. The van der Waals surface area contributed by atoms with Gasteiger partial charge in [-0.25, -0.2) is 0 Å². The van der Waals surface area contributed by atoms with Gasteiger partial charge < -0.3 is 5.32 Å². The summed E-state index contributed by atoms with van der Waals surface area (Å²) < 4.78 is 0. The molecule has 2 saturated heterocycles. The second-order valence-electron chi connectivity index (χ2n) is 5.28. The maximum absolute atomic E-state index is 3.79. The smallest absolute Gasteiger partial charge is 0.0249 e. The summed E-state index contributed by atoms with van der Waals surface area (Å²) in [5.41, 5.74) is 0. The van der Waals surface area contributed by atoms with E-state index in [1.807, 2.05) is 11.8 Å². The van der Waals surface area contributed by atoms with Crippen LogP contribution in [0, 0.1) is 0 Å². The Labute approximate surface area is 105 Å². The number of hydrogen-bond donors (Lipinski definition) is 1. The van der Waals surface area contributed by atoms with Gasteiger partial charge in [-0.1, -0.05) is 13.3 Å². The number of nitrogens with zero attached hydrogens (tertiary/aromatic N) is 1. The lowest BCUT2D eigenvalue weighted by atomic mass is 9.99. The minimum absolute atomic E-state index is 0.786. The van der Waals surface area contributed by atoms with Crippen LogP contribution in [0.25, 0.3) is 0 Å². The van der Waals surface area contributed by atoms with Crippen LogP contribution in [0.2, 0.25) is 0 Å². The van der Waals surface area contributed by atoms with Gasteiger partial charge in [0.2, 0.25) is 0 Å². The Hall–Kier alpha value is 0.270. The highest BCUT2D eigenvalue weighted by Gasteiger charge is 2.34. The van der Waals surface area contributed by atoms with Crippen molar-refractivity contribution in [1.82, 2.24) is 10.2 Å². The summed E-state index contributed by atoms with van der Waals surface area (Å²) in [4.78, 5) is 2.71. The maximum atomic E-state index is 3.79. The van der Waals surface area contributed by atoms with Crippen LogP contribution < -0.4 is 5.32 Å². The van der Waals surface area contributed by atoms with E-state index in [0.29, 0.717) is 0 Å². The summed E-state index contributed by atoms with van der Waals surface area (Å²) >= 11 is 1.98. The predicted octanol–water partition coefficient (Wildman–Crippen LogP) is 2.34. The molecule has 2 nitrogen and oxygen atoms in total. The average molecular weight is 242 g/mol. The van der Waals surface area contributed by atoms with Crippen LogP contribution in [0.5, 0.6) is 0 Å². The maximum Gasteiger partial charge on any atom is 0.0249 e. The average Bonchev–Trinajstić information content (AvgIpc) is 2.73. The van der Waals surface area contributed by atoms with Crippen LogP contribution in [0.4, 0.5) is 0 Å². The summed E-state index contributed by atoms with van der Waals surface area (Å²) in [6.07, 6.45) is 9.19. The summed E-state index contributed by atoms with van der Waals surface area (Å²) in [7, 11) is 0. The van der Waals surface area contributed by atoms with Gasteiger partial charge in [0.25, 0.3) is 0 Å². The van der Waals surface area contributed by atoms with Gasteiger partial charge in [0.1, 0.15) is 0 Å². The van der Waals surface area contributed by atoms with Gasteiger partial charge in [-0.15, -0.1) is 0 Å². The van der Waals surface area contributed by atoms with Gasteiger partial charge >= 0.3 is 0 Å². The molecule has 0 bridgehead atoms. The van der Waals surface area contributed by atoms with E-state index in [4.69, 9.17) is 0 Å². The largest absolute Gasteiger partial charge is 0.312 e. The van der Waals surface area contributed by atoms with Crippen LogP contribution in [0.1, 0.15) is 39.0 Å². The monoisotopic (exact) mass is 242 g/mol. The molecule has 3 unspecified atom stereocenters. The fraction of sp³-hybridized carbons (Fsp3) is 1.00. The highest BCUT2D eigenvalue weighted by molar-refractivity contribution is 7.99.